The average molecular weight is 347 g/mol. The van der Waals surface area contributed by atoms with Gasteiger partial charge in [-0.2, -0.15) is 11.8 Å². The number of thioether (sulfide) groups is 1. The van der Waals surface area contributed by atoms with Gasteiger partial charge < -0.3 is 15.0 Å². The molecule has 0 aliphatic heterocycles. The summed E-state index contributed by atoms with van der Waals surface area (Å²) in [4.78, 5) is 12.1. The summed E-state index contributed by atoms with van der Waals surface area (Å²) in [5, 5.41) is 13.5. The molecular weight excluding hydrogens is 328 g/mol. The molecule has 19 heavy (non-hydrogen) atoms. The minimum atomic E-state index is -0.737. The van der Waals surface area contributed by atoms with E-state index in [1.165, 1.54) is 0 Å². The molecule has 1 saturated carbocycles. The van der Waals surface area contributed by atoms with E-state index in [2.05, 4.69) is 28.2 Å². The summed E-state index contributed by atoms with van der Waals surface area (Å²) < 4.78 is 2.64. The van der Waals surface area contributed by atoms with Gasteiger partial charge in [0.1, 0.15) is 5.69 Å². The number of nitrogens with one attached hydrogen (secondary N) is 1. The molecule has 106 valence electrons. The summed E-state index contributed by atoms with van der Waals surface area (Å²) in [6, 6.07) is 1.78. The van der Waals surface area contributed by atoms with E-state index < -0.39 is 5.60 Å². The van der Waals surface area contributed by atoms with Crippen molar-refractivity contribution >= 4 is 33.6 Å². The fourth-order valence-electron chi connectivity index (χ4n) is 2.31. The number of hydrogen-bond acceptors (Lipinski definition) is 3. The van der Waals surface area contributed by atoms with Crippen LogP contribution in [0.5, 0.6) is 0 Å². The van der Waals surface area contributed by atoms with Crippen molar-refractivity contribution < 1.29 is 9.90 Å². The van der Waals surface area contributed by atoms with Gasteiger partial charge in [0.2, 0.25) is 0 Å². The Bertz CT molecular complexity index is 477. The Balaban J connectivity index is 1.92. The SMILES string of the molecule is CCS[C@H]1CC[C@@]1(O)CNC(=O)c1cc(Br)cn1C. The van der Waals surface area contributed by atoms with Crippen molar-refractivity contribution in [3.63, 3.8) is 0 Å². The van der Waals surface area contributed by atoms with E-state index in [4.69, 9.17) is 0 Å². The first kappa shape index (κ1) is 14.9. The highest BCUT2D eigenvalue weighted by atomic mass is 79.9. The van der Waals surface area contributed by atoms with Gasteiger partial charge in [0, 0.05) is 29.5 Å². The predicted molar refractivity (Wildman–Crippen MR) is 81.6 cm³/mol. The molecule has 6 heteroatoms. The molecule has 1 aliphatic carbocycles. The van der Waals surface area contributed by atoms with Gasteiger partial charge in [0.05, 0.1) is 5.60 Å². The van der Waals surface area contributed by atoms with Crippen molar-refractivity contribution in [1.29, 1.82) is 0 Å². The van der Waals surface area contributed by atoms with Crippen LogP contribution in [0.1, 0.15) is 30.3 Å². The molecule has 1 amide bonds. The van der Waals surface area contributed by atoms with Crippen molar-refractivity contribution in [2.24, 2.45) is 7.05 Å². The van der Waals surface area contributed by atoms with Crippen LogP contribution in [-0.2, 0) is 7.05 Å². The van der Waals surface area contributed by atoms with Crippen molar-refractivity contribution in [1.82, 2.24) is 9.88 Å². The first-order chi connectivity index (χ1) is 8.96. The Hall–Kier alpha value is -0.460. The maximum atomic E-state index is 12.1. The third-order valence-corrected chi connectivity index (χ3v) is 5.41. The van der Waals surface area contributed by atoms with Crippen molar-refractivity contribution in [2.45, 2.75) is 30.6 Å². The molecule has 4 nitrogen and oxygen atoms in total. The molecule has 1 heterocycles. The van der Waals surface area contributed by atoms with Crippen molar-refractivity contribution in [3.8, 4) is 0 Å². The van der Waals surface area contributed by atoms with Gasteiger partial charge in [-0.1, -0.05) is 6.92 Å². The Morgan fingerprint density at radius 2 is 2.47 bits per heavy atom. The molecule has 2 atom stereocenters. The number of nitrogens with zero attached hydrogens (tertiary/aromatic N) is 1. The molecule has 1 aromatic rings. The van der Waals surface area contributed by atoms with Crippen LogP contribution in [0, 0.1) is 0 Å². The number of halogens is 1. The molecule has 2 rings (SSSR count). The average Bonchev–Trinajstić information content (AvgIpc) is 2.70. The van der Waals surface area contributed by atoms with Crippen LogP contribution in [0.25, 0.3) is 0 Å². The van der Waals surface area contributed by atoms with Gasteiger partial charge in [-0.15, -0.1) is 0 Å². The number of amides is 1. The maximum absolute atomic E-state index is 12.1. The lowest BCUT2D eigenvalue weighted by Crippen LogP contribution is -2.57. The minimum Gasteiger partial charge on any atom is -0.387 e. The van der Waals surface area contributed by atoms with Gasteiger partial charge in [0.15, 0.2) is 0 Å². The zero-order valence-electron chi connectivity index (χ0n) is 11.1. The van der Waals surface area contributed by atoms with Crippen LogP contribution in [0.2, 0.25) is 0 Å². The second-order valence-corrected chi connectivity index (χ2v) is 7.32. The number of carbonyl (C=O) groups excluding carboxylic acids is 1. The molecule has 0 saturated heterocycles. The number of hydrogen-bond donors (Lipinski definition) is 2. The van der Waals surface area contributed by atoms with Crippen LogP contribution in [0.4, 0.5) is 0 Å². The smallest absolute Gasteiger partial charge is 0.268 e. The summed E-state index contributed by atoms with van der Waals surface area (Å²) in [6.45, 7) is 2.41. The van der Waals surface area contributed by atoms with Crippen LogP contribution in [0.15, 0.2) is 16.7 Å². The van der Waals surface area contributed by atoms with Gasteiger partial charge in [-0.05, 0) is 40.6 Å². The lowest BCUT2D eigenvalue weighted by atomic mass is 9.79. The van der Waals surface area contributed by atoms with E-state index in [9.17, 15) is 9.90 Å². The second kappa shape index (κ2) is 5.89. The summed E-state index contributed by atoms with van der Waals surface area (Å²) in [6.07, 6.45) is 3.63. The molecule has 1 aromatic heterocycles. The standard InChI is InChI=1S/C13H19BrN2O2S/c1-3-19-11-4-5-13(11,18)8-15-12(17)10-6-9(14)7-16(10)2/h6-7,11,18H,3-5,8H2,1-2H3,(H,15,17)/t11-,13+/m0/s1. The molecule has 2 N–H and O–H groups in total. The largest absolute Gasteiger partial charge is 0.387 e. The minimum absolute atomic E-state index is 0.145. The van der Waals surface area contributed by atoms with E-state index in [1.54, 1.807) is 22.4 Å². The topological polar surface area (TPSA) is 54.3 Å². The summed E-state index contributed by atoms with van der Waals surface area (Å²) in [5.41, 5.74) is -0.145. The van der Waals surface area contributed by atoms with E-state index in [0.29, 0.717) is 12.2 Å². The molecule has 1 aliphatic rings. The van der Waals surface area contributed by atoms with Gasteiger partial charge in [0.25, 0.3) is 5.91 Å². The van der Waals surface area contributed by atoms with Crippen LogP contribution in [-0.4, -0.2) is 38.7 Å². The Labute approximate surface area is 126 Å². The Morgan fingerprint density at radius 3 is 2.95 bits per heavy atom. The molecule has 1 fully saturated rings. The fraction of sp³-hybridized carbons (Fsp3) is 0.615. The van der Waals surface area contributed by atoms with Gasteiger partial charge in [-0.25, -0.2) is 0 Å². The number of carbonyl (C=O) groups is 1. The lowest BCUT2D eigenvalue weighted by Gasteiger charge is -2.45. The highest BCUT2D eigenvalue weighted by Crippen LogP contribution is 2.40. The molecule has 0 unspecified atom stereocenters. The van der Waals surface area contributed by atoms with Crippen molar-refractivity contribution in [3.05, 3.63) is 22.4 Å². The number of rotatable bonds is 5. The van der Waals surface area contributed by atoms with E-state index >= 15 is 0 Å². The van der Waals surface area contributed by atoms with Crippen LogP contribution in [0.3, 0.4) is 0 Å². The molecule has 0 bridgehead atoms. The third kappa shape index (κ3) is 3.17. The zero-order valence-corrected chi connectivity index (χ0v) is 13.6. The Kier molecular flexibility index (Phi) is 4.63. The third-order valence-electron chi connectivity index (χ3n) is 3.57. The van der Waals surface area contributed by atoms with Crippen LogP contribution < -0.4 is 5.32 Å². The van der Waals surface area contributed by atoms with E-state index in [0.717, 1.165) is 23.1 Å². The number of aliphatic hydroxyl groups is 1. The first-order valence-electron chi connectivity index (χ1n) is 6.40. The normalized spacial score (nSPS) is 26.0. The lowest BCUT2D eigenvalue weighted by molar-refractivity contribution is -0.0222. The Morgan fingerprint density at radius 1 is 1.74 bits per heavy atom. The molecule has 0 radical (unpaired) electrons. The monoisotopic (exact) mass is 346 g/mol. The summed E-state index contributed by atoms with van der Waals surface area (Å²) in [7, 11) is 1.83. The molecule has 0 aromatic carbocycles. The molecule has 0 spiro atoms. The first-order valence-corrected chi connectivity index (χ1v) is 8.24. The summed E-state index contributed by atoms with van der Waals surface area (Å²) in [5.74, 6) is 0.847. The van der Waals surface area contributed by atoms with Gasteiger partial charge in [-0.3, -0.25) is 4.79 Å². The van der Waals surface area contributed by atoms with E-state index in [1.807, 2.05) is 13.2 Å². The number of aryl methyl sites for hydroxylation is 1. The highest BCUT2D eigenvalue weighted by Gasteiger charge is 2.45. The zero-order chi connectivity index (χ0) is 14.0. The highest BCUT2D eigenvalue weighted by molar-refractivity contribution is 9.10. The van der Waals surface area contributed by atoms with E-state index in [-0.39, 0.29) is 11.2 Å². The maximum Gasteiger partial charge on any atom is 0.268 e. The van der Waals surface area contributed by atoms with Crippen molar-refractivity contribution in [2.75, 3.05) is 12.3 Å². The number of aromatic nitrogens is 1. The summed E-state index contributed by atoms with van der Waals surface area (Å²) >= 11 is 5.11. The van der Waals surface area contributed by atoms with Crippen LogP contribution >= 0.6 is 27.7 Å². The molecular formula is C13H19BrN2O2S. The fourth-order valence-corrected chi connectivity index (χ4v) is 4.03. The quantitative estimate of drug-likeness (QED) is 0.858. The predicted octanol–water partition coefficient (Wildman–Crippen LogP) is 2.16. The second-order valence-electron chi connectivity index (χ2n) is 4.92. The van der Waals surface area contributed by atoms with Gasteiger partial charge >= 0.3 is 0 Å².